The van der Waals surface area contributed by atoms with Gasteiger partial charge >= 0.3 is 0 Å². The molecule has 2 nitrogen and oxygen atoms in total. The fourth-order valence-electron chi connectivity index (χ4n) is 0.573. The fourth-order valence-corrected chi connectivity index (χ4v) is 0.573. The van der Waals surface area contributed by atoms with E-state index in [1.165, 1.54) is 0 Å². The van der Waals surface area contributed by atoms with Crippen LogP contribution < -0.4 is 35.4 Å². The topological polar surface area (TPSA) is 33.2 Å². The molecule has 0 bridgehead atoms. The van der Waals surface area contributed by atoms with E-state index in [1.807, 2.05) is 87.4 Å². The van der Waals surface area contributed by atoms with Crippen LogP contribution >= 0.6 is 0 Å². The van der Waals surface area contributed by atoms with Crippen LogP contribution in [0.3, 0.4) is 0 Å². The predicted molar refractivity (Wildman–Crippen MR) is 63.1 cm³/mol. The highest BCUT2D eigenvalue weighted by atomic mass is 35.5. The third-order valence-corrected chi connectivity index (χ3v) is 1.21. The van der Waals surface area contributed by atoms with Crippen LogP contribution in [0.1, 0.15) is 27.7 Å². The minimum atomic E-state index is 0. The largest absolute Gasteiger partial charge is 1.00 e. The maximum atomic E-state index is 2.00. The molecule has 0 radical (unpaired) electrons. The van der Waals surface area contributed by atoms with Gasteiger partial charge in [0.15, 0.2) is 0 Å². The van der Waals surface area contributed by atoms with Crippen molar-refractivity contribution in [3.63, 3.8) is 0 Å². The summed E-state index contributed by atoms with van der Waals surface area (Å²) < 4.78 is 0. The summed E-state index contributed by atoms with van der Waals surface area (Å²) >= 11 is 0. The van der Waals surface area contributed by atoms with Crippen molar-refractivity contribution in [3.8, 4) is 0 Å². The molecule has 0 saturated carbocycles. The average molecular weight is 267 g/mol. The van der Waals surface area contributed by atoms with Gasteiger partial charge in [0.25, 0.3) is 0 Å². The molecule has 4 N–H and O–H groups in total. The Morgan fingerprint density at radius 3 is 0.812 bits per heavy atom. The standard InChI is InChI=1S/2C6H11N.2ClH/c2*1-3-5-7-6-4-2;;/h2*3-7H,1-2H3;2*1H. The van der Waals surface area contributed by atoms with Crippen LogP contribution in [-0.2, 0) is 0 Å². The molecule has 0 rings (SSSR count). The van der Waals surface area contributed by atoms with Gasteiger partial charge in [0.2, 0.25) is 0 Å². The van der Waals surface area contributed by atoms with E-state index in [-0.39, 0.29) is 24.8 Å². The van der Waals surface area contributed by atoms with E-state index >= 15 is 0 Å². The molecule has 0 amide bonds. The highest BCUT2D eigenvalue weighted by molar-refractivity contribution is 4.68. The molecule has 0 spiro atoms. The van der Waals surface area contributed by atoms with Crippen LogP contribution in [0.15, 0.2) is 49.1 Å². The lowest BCUT2D eigenvalue weighted by molar-refractivity contribution is -0.514. The molecule has 0 aliphatic carbocycles. The maximum Gasteiger partial charge on any atom is 0.0928 e. The molecule has 4 heteroatoms. The van der Waals surface area contributed by atoms with E-state index in [0.29, 0.717) is 0 Å². The lowest BCUT2D eigenvalue weighted by atomic mass is 10.6. The third kappa shape index (κ3) is 37.5. The first-order chi connectivity index (χ1) is 6.83. The fraction of sp³-hybridized carbons (Fsp3) is 0.333. The van der Waals surface area contributed by atoms with E-state index < -0.39 is 0 Å². The van der Waals surface area contributed by atoms with Gasteiger partial charge in [-0.05, 0) is 52.0 Å². The molecule has 0 atom stereocenters. The zero-order valence-electron chi connectivity index (χ0n) is 10.5. The summed E-state index contributed by atoms with van der Waals surface area (Å²) in [6, 6.07) is 0. The molecular formula is C12H24Cl2N2. The van der Waals surface area contributed by atoms with E-state index in [1.54, 1.807) is 0 Å². The normalized spacial score (nSPS) is 10.2. The van der Waals surface area contributed by atoms with Crippen molar-refractivity contribution >= 4 is 0 Å². The second kappa shape index (κ2) is 29.3. The highest BCUT2D eigenvalue weighted by Gasteiger charge is 1.63. The number of hydrogen-bond acceptors (Lipinski definition) is 0. The second-order valence-electron chi connectivity index (χ2n) is 2.49. The van der Waals surface area contributed by atoms with Crippen LogP contribution in [0.5, 0.6) is 0 Å². The zero-order chi connectivity index (χ0) is 11.1. The summed E-state index contributed by atoms with van der Waals surface area (Å²) in [5.74, 6) is 0. The molecule has 0 aromatic carbocycles. The van der Waals surface area contributed by atoms with Crippen molar-refractivity contribution in [3.05, 3.63) is 49.1 Å². The number of rotatable bonds is 4. The van der Waals surface area contributed by atoms with Crippen molar-refractivity contribution in [2.75, 3.05) is 0 Å². The van der Waals surface area contributed by atoms with Crippen molar-refractivity contribution < 1.29 is 35.4 Å². The van der Waals surface area contributed by atoms with Gasteiger partial charge in [-0.2, -0.15) is 0 Å². The second-order valence-corrected chi connectivity index (χ2v) is 2.49. The van der Waals surface area contributed by atoms with Crippen LogP contribution in [0.25, 0.3) is 0 Å². The molecule has 16 heavy (non-hydrogen) atoms. The zero-order valence-corrected chi connectivity index (χ0v) is 12.0. The van der Waals surface area contributed by atoms with Crippen LogP contribution in [0.4, 0.5) is 0 Å². The van der Waals surface area contributed by atoms with Gasteiger partial charge in [-0.25, -0.2) is 0 Å². The van der Waals surface area contributed by atoms with Gasteiger partial charge in [0.05, 0.1) is 24.8 Å². The molecule has 0 unspecified atom stereocenters. The van der Waals surface area contributed by atoms with Crippen LogP contribution in [-0.4, -0.2) is 0 Å². The molecule has 0 aromatic rings. The van der Waals surface area contributed by atoms with Gasteiger partial charge in [-0.1, -0.05) is 0 Å². The number of hydrogen-bond donors (Lipinski definition) is 2. The first-order valence-electron chi connectivity index (χ1n) is 4.98. The van der Waals surface area contributed by atoms with Crippen LogP contribution in [0.2, 0.25) is 0 Å². The summed E-state index contributed by atoms with van der Waals surface area (Å²) in [5.41, 5.74) is 0. The maximum absolute atomic E-state index is 2.00. The Hall–Kier alpha value is -0.540. The number of quaternary nitrogens is 2. The van der Waals surface area contributed by atoms with Gasteiger partial charge < -0.3 is 24.8 Å². The van der Waals surface area contributed by atoms with Crippen molar-refractivity contribution in [2.45, 2.75) is 27.7 Å². The Bertz CT molecular complexity index is 155. The Balaban J connectivity index is -0.0000000800. The number of halogens is 2. The summed E-state index contributed by atoms with van der Waals surface area (Å²) in [6.45, 7) is 8.00. The van der Waals surface area contributed by atoms with E-state index in [4.69, 9.17) is 0 Å². The van der Waals surface area contributed by atoms with Crippen molar-refractivity contribution in [2.24, 2.45) is 0 Å². The van der Waals surface area contributed by atoms with E-state index in [2.05, 4.69) is 0 Å². The lowest BCUT2D eigenvalue weighted by Gasteiger charge is -1.74. The van der Waals surface area contributed by atoms with Gasteiger partial charge in [0, 0.05) is 0 Å². The average Bonchev–Trinajstić information content (AvgIpc) is 2.21. The Morgan fingerprint density at radius 1 is 0.500 bits per heavy atom. The van der Waals surface area contributed by atoms with Gasteiger partial charge in [0.1, 0.15) is 0 Å². The Morgan fingerprint density at radius 2 is 0.688 bits per heavy atom. The highest BCUT2D eigenvalue weighted by Crippen LogP contribution is 1.53. The molecule has 0 saturated heterocycles. The minimum absolute atomic E-state index is 0. The summed E-state index contributed by atoms with van der Waals surface area (Å²) in [4.78, 5) is 0. The summed E-state index contributed by atoms with van der Waals surface area (Å²) in [5, 5.41) is 4.00. The quantitative estimate of drug-likeness (QED) is 0.513. The molecule has 96 valence electrons. The van der Waals surface area contributed by atoms with Crippen LogP contribution in [0, 0.1) is 0 Å². The van der Waals surface area contributed by atoms with E-state index in [9.17, 15) is 0 Å². The van der Waals surface area contributed by atoms with E-state index in [0.717, 1.165) is 0 Å². The monoisotopic (exact) mass is 266 g/mol. The molecule has 0 aliphatic heterocycles. The molecule has 0 heterocycles. The first-order valence-corrected chi connectivity index (χ1v) is 4.98. The smallest absolute Gasteiger partial charge is 0.0928 e. The molecule has 0 aromatic heterocycles. The lowest BCUT2D eigenvalue weighted by Crippen LogP contribution is -3.00. The third-order valence-electron chi connectivity index (χ3n) is 1.21. The Labute approximate surface area is 112 Å². The summed E-state index contributed by atoms with van der Waals surface area (Å²) in [7, 11) is 0. The summed E-state index contributed by atoms with van der Waals surface area (Å²) in [6.07, 6.45) is 16.0. The molecular weight excluding hydrogens is 243 g/mol. The van der Waals surface area contributed by atoms with Crippen molar-refractivity contribution in [1.82, 2.24) is 0 Å². The molecule has 0 fully saturated rings. The number of nitrogens with two attached hydrogens (primary N) is 2. The minimum Gasteiger partial charge on any atom is -1.00 e. The van der Waals surface area contributed by atoms with Gasteiger partial charge in [-0.15, -0.1) is 0 Å². The molecule has 0 aliphatic rings. The SMILES string of the molecule is CC=C[NH2+]C=CC.CC=C[NH2+]C=CC.[Cl-].[Cl-]. The first kappa shape index (κ1) is 24.6. The van der Waals surface area contributed by atoms with Crippen molar-refractivity contribution in [1.29, 1.82) is 0 Å². The predicted octanol–water partition coefficient (Wildman–Crippen LogP) is -4.76. The Kier molecular flexibility index (Phi) is 45.0. The number of allylic oxidation sites excluding steroid dienone is 4. The van der Waals surface area contributed by atoms with Gasteiger partial charge in [-0.3, -0.25) is 10.6 Å².